The number of furan rings is 1. The van der Waals surface area contributed by atoms with E-state index in [4.69, 9.17) is 4.42 Å². The van der Waals surface area contributed by atoms with E-state index >= 15 is 0 Å². The second kappa shape index (κ2) is 7.01. The molecular formula is C20H18N4O5. The highest BCUT2D eigenvalue weighted by Gasteiger charge is 2.47. The van der Waals surface area contributed by atoms with Crippen LogP contribution in [0.4, 0.5) is 0 Å². The van der Waals surface area contributed by atoms with Crippen LogP contribution in [0, 0.1) is 11.8 Å². The number of nitrogens with one attached hydrogen (secondary N) is 2. The number of carboxylic acid groups (broad SMARTS) is 1. The summed E-state index contributed by atoms with van der Waals surface area (Å²) < 4.78 is 6.02. The molecule has 1 aromatic heterocycles. The summed E-state index contributed by atoms with van der Waals surface area (Å²) in [6, 6.07) is 9.75. The fourth-order valence-corrected chi connectivity index (χ4v) is 3.80. The molecule has 4 rings (SSSR count). The second-order valence-corrected chi connectivity index (χ2v) is 7.03. The molecule has 0 aliphatic carbocycles. The highest BCUT2D eigenvalue weighted by Crippen LogP contribution is 2.39. The first-order valence-electron chi connectivity index (χ1n) is 8.98. The van der Waals surface area contributed by atoms with Gasteiger partial charge in [0.25, 0.3) is 0 Å². The van der Waals surface area contributed by atoms with Gasteiger partial charge in [-0.3, -0.25) is 9.59 Å². The van der Waals surface area contributed by atoms with Crippen LogP contribution in [0.2, 0.25) is 0 Å². The number of benzene rings is 1. The summed E-state index contributed by atoms with van der Waals surface area (Å²) in [7, 11) is 0. The van der Waals surface area contributed by atoms with Gasteiger partial charge in [-0.25, -0.2) is 15.6 Å². The van der Waals surface area contributed by atoms with Crippen molar-refractivity contribution in [2.75, 3.05) is 0 Å². The molecule has 0 spiro atoms. The van der Waals surface area contributed by atoms with Gasteiger partial charge in [-0.15, -0.1) is 0 Å². The largest absolute Gasteiger partial charge is 0.478 e. The fraction of sp³-hybridized carbons (Fsp3) is 0.250. The zero-order chi connectivity index (χ0) is 20.7. The third-order valence-electron chi connectivity index (χ3n) is 5.22. The molecule has 0 fully saturated rings. The summed E-state index contributed by atoms with van der Waals surface area (Å²) in [6.07, 6.45) is 0. The average molecular weight is 394 g/mol. The number of amides is 2. The van der Waals surface area contributed by atoms with Gasteiger partial charge in [0.2, 0.25) is 11.8 Å². The molecule has 3 heterocycles. The van der Waals surface area contributed by atoms with Crippen LogP contribution in [-0.2, 0) is 9.59 Å². The molecule has 0 radical (unpaired) electrons. The summed E-state index contributed by atoms with van der Waals surface area (Å²) in [5.41, 5.74) is 6.72. The SMILES string of the molecule is CC1=NNC(=O)C1C(c1ccc(-c2cccc(C(=O)O)c2)o1)C1C(=O)NN=C1C. The minimum atomic E-state index is -1.04. The Labute approximate surface area is 165 Å². The Hall–Kier alpha value is -3.75. The third kappa shape index (κ3) is 3.20. The Morgan fingerprint density at radius 1 is 1.03 bits per heavy atom. The highest BCUT2D eigenvalue weighted by atomic mass is 16.4. The lowest BCUT2D eigenvalue weighted by Gasteiger charge is -2.24. The Morgan fingerprint density at radius 3 is 2.17 bits per heavy atom. The highest BCUT2D eigenvalue weighted by molar-refractivity contribution is 6.12. The van der Waals surface area contributed by atoms with E-state index in [2.05, 4.69) is 21.1 Å². The topological polar surface area (TPSA) is 133 Å². The van der Waals surface area contributed by atoms with Gasteiger partial charge in [-0.2, -0.15) is 10.2 Å². The van der Waals surface area contributed by atoms with Crippen molar-refractivity contribution in [2.24, 2.45) is 22.0 Å². The minimum absolute atomic E-state index is 0.133. The Kier molecular flexibility index (Phi) is 4.50. The number of carbonyl (C=O) groups excluding carboxylic acids is 2. The van der Waals surface area contributed by atoms with Gasteiger partial charge < -0.3 is 9.52 Å². The lowest BCUT2D eigenvalue weighted by Crippen LogP contribution is -2.38. The van der Waals surface area contributed by atoms with Gasteiger partial charge in [-0.1, -0.05) is 12.1 Å². The van der Waals surface area contributed by atoms with Gasteiger partial charge >= 0.3 is 5.97 Å². The fourth-order valence-electron chi connectivity index (χ4n) is 3.80. The maximum Gasteiger partial charge on any atom is 0.335 e. The first-order valence-corrected chi connectivity index (χ1v) is 8.98. The van der Waals surface area contributed by atoms with E-state index in [9.17, 15) is 19.5 Å². The van der Waals surface area contributed by atoms with Crippen molar-refractivity contribution in [3.05, 3.63) is 47.7 Å². The van der Waals surface area contributed by atoms with Crippen molar-refractivity contribution >= 4 is 29.2 Å². The normalized spacial score (nSPS) is 22.0. The number of carbonyl (C=O) groups is 3. The summed E-state index contributed by atoms with van der Waals surface area (Å²) in [6.45, 7) is 3.43. The molecule has 29 heavy (non-hydrogen) atoms. The molecule has 0 saturated heterocycles. The van der Waals surface area contributed by atoms with Crippen LogP contribution in [-0.4, -0.2) is 34.3 Å². The Morgan fingerprint density at radius 2 is 1.66 bits per heavy atom. The maximum absolute atomic E-state index is 12.5. The van der Waals surface area contributed by atoms with E-state index in [1.54, 1.807) is 38.1 Å². The molecule has 9 heteroatoms. The van der Waals surface area contributed by atoms with E-state index < -0.39 is 23.7 Å². The summed E-state index contributed by atoms with van der Waals surface area (Å²) in [5, 5.41) is 17.2. The lowest BCUT2D eigenvalue weighted by atomic mass is 9.75. The van der Waals surface area contributed by atoms with Crippen LogP contribution in [0.3, 0.4) is 0 Å². The molecule has 2 amide bonds. The number of aromatic carboxylic acids is 1. The maximum atomic E-state index is 12.5. The van der Waals surface area contributed by atoms with Crippen molar-refractivity contribution in [1.82, 2.24) is 10.9 Å². The van der Waals surface area contributed by atoms with Crippen LogP contribution >= 0.6 is 0 Å². The molecule has 2 unspecified atom stereocenters. The standard InChI is InChI=1S/C20H18N4O5/c1-9-15(18(25)23-21-9)17(16-10(2)22-24-19(16)26)14-7-6-13(29-14)11-4-3-5-12(8-11)20(27)28/h3-8,15-17H,1-2H3,(H,23,25)(H,24,26)(H,27,28). The zero-order valence-electron chi connectivity index (χ0n) is 15.7. The smallest absolute Gasteiger partial charge is 0.335 e. The Balaban J connectivity index is 1.77. The molecule has 0 saturated carbocycles. The van der Waals surface area contributed by atoms with Crippen LogP contribution < -0.4 is 10.9 Å². The molecule has 0 bridgehead atoms. The lowest BCUT2D eigenvalue weighted by molar-refractivity contribution is -0.125. The molecular weight excluding hydrogens is 376 g/mol. The van der Waals surface area contributed by atoms with E-state index in [-0.39, 0.29) is 17.4 Å². The summed E-state index contributed by atoms with van der Waals surface area (Å²) in [5.74, 6) is -2.80. The predicted molar refractivity (Wildman–Crippen MR) is 103 cm³/mol. The van der Waals surface area contributed by atoms with Crippen molar-refractivity contribution in [2.45, 2.75) is 19.8 Å². The van der Waals surface area contributed by atoms with E-state index in [0.29, 0.717) is 28.5 Å². The quantitative estimate of drug-likeness (QED) is 0.713. The van der Waals surface area contributed by atoms with Gasteiger partial charge in [0.1, 0.15) is 11.5 Å². The minimum Gasteiger partial charge on any atom is -0.478 e. The van der Waals surface area contributed by atoms with Crippen molar-refractivity contribution in [3.8, 4) is 11.3 Å². The number of carboxylic acids is 1. The average Bonchev–Trinajstić information content (AvgIpc) is 3.39. The van der Waals surface area contributed by atoms with Crippen LogP contribution in [0.1, 0.15) is 35.9 Å². The van der Waals surface area contributed by atoms with E-state index in [0.717, 1.165) is 0 Å². The van der Waals surface area contributed by atoms with Crippen LogP contribution in [0.25, 0.3) is 11.3 Å². The van der Waals surface area contributed by atoms with Gasteiger partial charge in [0, 0.05) is 17.0 Å². The third-order valence-corrected chi connectivity index (χ3v) is 5.22. The number of hydrogen-bond acceptors (Lipinski definition) is 6. The molecule has 2 aliphatic rings. The van der Waals surface area contributed by atoms with E-state index in [1.165, 1.54) is 12.1 Å². The van der Waals surface area contributed by atoms with Crippen molar-refractivity contribution in [3.63, 3.8) is 0 Å². The van der Waals surface area contributed by atoms with Crippen LogP contribution in [0.5, 0.6) is 0 Å². The second-order valence-electron chi connectivity index (χ2n) is 7.03. The number of rotatable bonds is 5. The predicted octanol–water partition coefficient (Wildman–Crippen LogP) is 1.97. The Bertz CT molecular complexity index is 1050. The van der Waals surface area contributed by atoms with Crippen LogP contribution in [0.15, 0.2) is 51.0 Å². The number of nitrogens with zero attached hydrogens (tertiary/aromatic N) is 2. The molecule has 2 atom stereocenters. The monoisotopic (exact) mass is 394 g/mol. The van der Waals surface area contributed by atoms with Crippen molar-refractivity contribution in [1.29, 1.82) is 0 Å². The molecule has 9 nitrogen and oxygen atoms in total. The summed E-state index contributed by atoms with van der Waals surface area (Å²) in [4.78, 5) is 36.2. The molecule has 3 N–H and O–H groups in total. The van der Waals surface area contributed by atoms with Gasteiger partial charge in [0.15, 0.2) is 0 Å². The summed E-state index contributed by atoms with van der Waals surface area (Å²) >= 11 is 0. The van der Waals surface area contributed by atoms with Crippen molar-refractivity contribution < 1.29 is 23.9 Å². The first-order chi connectivity index (χ1) is 13.9. The first kappa shape index (κ1) is 18.6. The molecule has 1 aromatic carbocycles. The van der Waals surface area contributed by atoms with Gasteiger partial charge in [0.05, 0.1) is 23.3 Å². The zero-order valence-corrected chi connectivity index (χ0v) is 15.7. The number of hydrogen-bond donors (Lipinski definition) is 3. The number of hydrazone groups is 2. The molecule has 2 aromatic rings. The van der Waals surface area contributed by atoms with E-state index in [1.807, 2.05) is 0 Å². The molecule has 2 aliphatic heterocycles. The van der Waals surface area contributed by atoms with Gasteiger partial charge in [-0.05, 0) is 38.1 Å². The molecule has 148 valence electrons.